The molecule has 0 aliphatic carbocycles. The van der Waals surface area contributed by atoms with Crippen LogP contribution < -0.4 is 5.32 Å². The van der Waals surface area contributed by atoms with E-state index in [0.29, 0.717) is 6.54 Å². The van der Waals surface area contributed by atoms with Gasteiger partial charge >= 0.3 is 0 Å². The van der Waals surface area contributed by atoms with Crippen LogP contribution in [0.25, 0.3) is 0 Å². The summed E-state index contributed by atoms with van der Waals surface area (Å²) in [6.07, 6.45) is 1.76. The summed E-state index contributed by atoms with van der Waals surface area (Å²) in [5.41, 5.74) is 0.0571. The fourth-order valence-corrected chi connectivity index (χ4v) is 2.72. The van der Waals surface area contributed by atoms with Gasteiger partial charge < -0.3 is 10.2 Å². The topological polar surface area (TPSA) is 75.5 Å². The Morgan fingerprint density at radius 2 is 2.10 bits per heavy atom. The first kappa shape index (κ1) is 15.4. The lowest BCUT2D eigenvalue weighted by Gasteiger charge is -2.40. The predicted molar refractivity (Wildman–Crippen MR) is 80.3 cm³/mol. The molecule has 1 aliphatic rings. The molecule has 0 aromatic heterocycles. The molecule has 2 rings (SSSR count). The van der Waals surface area contributed by atoms with Crippen molar-refractivity contribution in [3.8, 4) is 0 Å². The van der Waals surface area contributed by atoms with Crippen LogP contribution in [0.1, 0.15) is 37.0 Å². The summed E-state index contributed by atoms with van der Waals surface area (Å²) in [5, 5.41) is 14.5. The molecule has 0 radical (unpaired) electrons. The lowest BCUT2D eigenvalue weighted by Crippen LogP contribution is -2.57. The Hall–Kier alpha value is -1.95. The Morgan fingerprint density at radius 1 is 1.38 bits per heavy atom. The molecule has 0 bridgehead atoms. The summed E-state index contributed by atoms with van der Waals surface area (Å²) in [6, 6.07) is 6.50. The van der Waals surface area contributed by atoms with E-state index in [2.05, 4.69) is 12.2 Å². The van der Waals surface area contributed by atoms with Crippen molar-refractivity contribution >= 4 is 11.6 Å². The van der Waals surface area contributed by atoms with Crippen LogP contribution >= 0.6 is 0 Å². The monoisotopic (exact) mass is 291 g/mol. The van der Waals surface area contributed by atoms with E-state index in [9.17, 15) is 14.9 Å². The third-order valence-corrected chi connectivity index (χ3v) is 4.06. The van der Waals surface area contributed by atoms with Crippen molar-refractivity contribution in [2.75, 3.05) is 13.1 Å². The minimum atomic E-state index is -0.492. The molecule has 1 aliphatic heterocycles. The first-order chi connectivity index (χ1) is 10.1. The average molecular weight is 291 g/mol. The van der Waals surface area contributed by atoms with E-state index in [1.807, 2.05) is 6.92 Å². The summed E-state index contributed by atoms with van der Waals surface area (Å²) < 4.78 is 0. The van der Waals surface area contributed by atoms with Crippen LogP contribution in [0.4, 0.5) is 5.69 Å². The van der Waals surface area contributed by atoms with E-state index in [1.165, 1.54) is 12.1 Å². The molecule has 6 nitrogen and oxygen atoms in total. The number of hydrogen-bond acceptors (Lipinski definition) is 4. The summed E-state index contributed by atoms with van der Waals surface area (Å²) in [5.74, 6) is -0.242. The second kappa shape index (κ2) is 6.67. The SMILES string of the molecule is CCC1CN(C(=O)c2ccccc2[N+](=O)[O-])C(CC)CN1. The molecule has 1 aromatic rings. The number of amides is 1. The second-order valence-electron chi connectivity index (χ2n) is 5.31. The first-order valence-corrected chi connectivity index (χ1v) is 7.36. The highest BCUT2D eigenvalue weighted by Crippen LogP contribution is 2.22. The Balaban J connectivity index is 2.30. The zero-order valence-electron chi connectivity index (χ0n) is 12.4. The molecular weight excluding hydrogens is 270 g/mol. The quantitative estimate of drug-likeness (QED) is 0.681. The standard InChI is InChI=1S/C15H21N3O3/c1-3-11-10-17(12(4-2)9-16-11)15(19)13-7-5-6-8-14(13)18(20)21/h5-8,11-12,16H,3-4,9-10H2,1-2H3. The van der Waals surface area contributed by atoms with Crippen LogP contribution in [0, 0.1) is 10.1 Å². The highest BCUT2D eigenvalue weighted by atomic mass is 16.6. The van der Waals surface area contributed by atoms with Gasteiger partial charge in [0.05, 0.1) is 4.92 Å². The molecule has 1 amide bonds. The Morgan fingerprint density at radius 3 is 2.71 bits per heavy atom. The normalized spacial score (nSPS) is 22.1. The fraction of sp³-hybridized carbons (Fsp3) is 0.533. The number of piperazine rings is 1. The van der Waals surface area contributed by atoms with Gasteiger partial charge in [-0.25, -0.2) is 0 Å². The Kier molecular flexibility index (Phi) is 4.90. The smallest absolute Gasteiger partial charge is 0.282 e. The number of carbonyl (C=O) groups is 1. The molecule has 1 heterocycles. The van der Waals surface area contributed by atoms with Gasteiger partial charge in [-0.05, 0) is 18.9 Å². The number of nitrogens with zero attached hydrogens (tertiary/aromatic N) is 2. The van der Waals surface area contributed by atoms with Crippen molar-refractivity contribution in [2.45, 2.75) is 38.8 Å². The molecule has 2 atom stereocenters. The van der Waals surface area contributed by atoms with Crippen LogP contribution in [0.15, 0.2) is 24.3 Å². The van der Waals surface area contributed by atoms with Crippen LogP contribution in [0.3, 0.4) is 0 Å². The van der Waals surface area contributed by atoms with Crippen molar-refractivity contribution in [1.29, 1.82) is 0 Å². The Labute approximate surface area is 124 Å². The number of nitro groups is 1. The lowest BCUT2D eigenvalue weighted by molar-refractivity contribution is -0.385. The molecule has 1 N–H and O–H groups in total. The van der Waals surface area contributed by atoms with E-state index >= 15 is 0 Å². The van der Waals surface area contributed by atoms with Gasteiger partial charge in [-0.3, -0.25) is 14.9 Å². The van der Waals surface area contributed by atoms with Crippen LogP contribution in [0.5, 0.6) is 0 Å². The predicted octanol–water partition coefficient (Wildman–Crippen LogP) is 2.20. The lowest BCUT2D eigenvalue weighted by atomic mass is 10.0. The number of rotatable bonds is 4. The van der Waals surface area contributed by atoms with E-state index in [0.717, 1.165) is 19.4 Å². The molecule has 0 spiro atoms. The van der Waals surface area contributed by atoms with Crippen molar-refractivity contribution in [3.05, 3.63) is 39.9 Å². The molecule has 2 unspecified atom stereocenters. The van der Waals surface area contributed by atoms with Crippen LogP contribution in [-0.2, 0) is 0 Å². The minimum absolute atomic E-state index is 0.0834. The van der Waals surface area contributed by atoms with Gasteiger partial charge in [0, 0.05) is 31.2 Å². The number of carbonyl (C=O) groups excluding carboxylic acids is 1. The summed E-state index contributed by atoms with van der Waals surface area (Å²) in [6.45, 7) is 5.43. The van der Waals surface area contributed by atoms with Gasteiger partial charge in [0.15, 0.2) is 0 Å². The maximum Gasteiger partial charge on any atom is 0.282 e. The summed E-state index contributed by atoms with van der Waals surface area (Å²) in [4.78, 5) is 25.1. The van der Waals surface area contributed by atoms with E-state index in [-0.39, 0.29) is 29.2 Å². The molecule has 21 heavy (non-hydrogen) atoms. The zero-order valence-corrected chi connectivity index (χ0v) is 12.4. The van der Waals surface area contributed by atoms with E-state index < -0.39 is 4.92 Å². The summed E-state index contributed by atoms with van der Waals surface area (Å²) >= 11 is 0. The van der Waals surface area contributed by atoms with Crippen molar-refractivity contribution in [2.24, 2.45) is 0 Å². The third kappa shape index (κ3) is 3.21. The molecule has 6 heteroatoms. The highest BCUT2D eigenvalue weighted by molar-refractivity contribution is 5.98. The van der Waals surface area contributed by atoms with Crippen molar-refractivity contribution in [1.82, 2.24) is 10.2 Å². The first-order valence-electron chi connectivity index (χ1n) is 7.36. The average Bonchev–Trinajstić information content (AvgIpc) is 2.53. The molecule has 0 saturated carbocycles. The van der Waals surface area contributed by atoms with Gasteiger partial charge in [-0.2, -0.15) is 0 Å². The largest absolute Gasteiger partial charge is 0.333 e. The minimum Gasteiger partial charge on any atom is -0.333 e. The fourth-order valence-electron chi connectivity index (χ4n) is 2.72. The highest BCUT2D eigenvalue weighted by Gasteiger charge is 2.32. The van der Waals surface area contributed by atoms with Gasteiger partial charge in [0.2, 0.25) is 0 Å². The number of para-hydroxylation sites is 1. The van der Waals surface area contributed by atoms with Gasteiger partial charge in [-0.1, -0.05) is 26.0 Å². The number of nitro benzene ring substituents is 1. The maximum absolute atomic E-state index is 12.7. The summed E-state index contributed by atoms with van der Waals surface area (Å²) in [7, 11) is 0. The Bertz CT molecular complexity index is 533. The zero-order chi connectivity index (χ0) is 15.4. The molecule has 1 fully saturated rings. The molecular formula is C15H21N3O3. The van der Waals surface area contributed by atoms with Crippen molar-refractivity contribution in [3.63, 3.8) is 0 Å². The van der Waals surface area contributed by atoms with Crippen LogP contribution in [0.2, 0.25) is 0 Å². The molecule has 114 valence electrons. The van der Waals surface area contributed by atoms with Gasteiger partial charge in [-0.15, -0.1) is 0 Å². The van der Waals surface area contributed by atoms with E-state index in [4.69, 9.17) is 0 Å². The van der Waals surface area contributed by atoms with Crippen molar-refractivity contribution < 1.29 is 9.72 Å². The third-order valence-electron chi connectivity index (χ3n) is 4.06. The number of nitrogens with one attached hydrogen (secondary N) is 1. The number of benzene rings is 1. The van der Waals surface area contributed by atoms with Gasteiger partial charge in [0.25, 0.3) is 11.6 Å². The van der Waals surface area contributed by atoms with Gasteiger partial charge in [0.1, 0.15) is 5.56 Å². The molecule has 1 saturated heterocycles. The van der Waals surface area contributed by atoms with E-state index in [1.54, 1.807) is 17.0 Å². The molecule has 1 aromatic carbocycles. The van der Waals surface area contributed by atoms with Crippen LogP contribution in [-0.4, -0.2) is 40.9 Å². The maximum atomic E-state index is 12.7. The number of hydrogen-bond donors (Lipinski definition) is 1. The second-order valence-corrected chi connectivity index (χ2v) is 5.31.